The highest BCUT2D eigenvalue weighted by molar-refractivity contribution is 5.32. The summed E-state index contributed by atoms with van der Waals surface area (Å²) in [5.74, 6) is 1.56. The first kappa shape index (κ1) is 15.8. The molecule has 1 aromatic carbocycles. The van der Waals surface area contributed by atoms with Gasteiger partial charge in [0.15, 0.2) is 0 Å². The molecule has 124 valence electrons. The molecule has 0 unspecified atom stereocenters. The molecule has 1 saturated heterocycles. The number of ether oxygens (including phenoxy) is 2. The lowest BCUT2D eigenvalue weighted by Gasteiger charge is -2.37. The number of hydrogen-bond acceptors (Lipinski definition) is 6. The fourth-order valence-electron chi connectivity index (χ4n) is 2.93. The first-order valence-corrected chi connectivity index (χ1v) is 7.77. The Morgan fingerprint density at radius 3 is 3.04 bits per heavy atom. The number of nitrogens with zero attached hydrogens (tertiary/aromatic N) is 3. The summed E-state index contributed by atoms with van der Waals surface area (Å²) < 4.78 is 11.0. The van der Waals surface area contributed by atoms with Gasteiger partial charge < -0.3 is 14.6 Å². The number of piperidine rings is 1. The van der Waals surface area contributed by atoms with E-state index in [1.54, 1.807) is 13.3 Å². The zero-order valence-electron chi connectivity index (χ0n) is 13.2. The molecule has 0 aliphatic carbocycles. The molecule has 0 bridgehead atoms. The molecule has 2 aromatic rings. The molecule has 1 aliphatic heterocycles. The van der Waals surface area contributed by atoms with Crippen LogP contribution in [-0.2, 0) is 5.60 Å². The Hall–Kier alpha value is -2.12. The van der Waals surface area contributed by atoms with Gasteiger partial charge in [0.1, 0.15) is 29.4 Å². The van der Waals surface area contributed by atoms with E-state index in [1.807, 2.05) is 24.3 Å². The number of nitrogens with one attached hydrogen (secondary N) is 1. The van der Waals surface area contributed by atoms with Crippen molar-refractivity contribution in [3.63, 3.8) is 0 Å². The minimum absolute atomic E-state index is 0.543. The summed E-state index contributed by atoms with van der Waals surface area (Å²) in [6.45, 7) is 2.79. The van der Waals surface area contributed by atoms with Crippen LogP contribution in [0.25, 0.3) is 0 Å². The third kappa shape index (κ3) is 3.80. The van der Waals surface area contributed by atoms with Crippen LogP contribution in [0.3, 0.4) is 0 Å². The lowest BCUT2D eigenvalue weighted by molar-refractivity contribution is -0.0412. The van der Waals surface area contributed by atoms with Crippen LogP contribution in [0.2, 0.25) is 0 Å². The minimum Gasteiger partial charge on any atom is -0.497 e. The van der Waals surface area contributed by atoms with Crippen LogP contribution in [0.1, 0.15) is 18.5 Å². The molecule has 1 atom stereocenters. The van der Waals surface area contributed by atoms with Crippen molar-refractivity contribution in [2.24, 2.45) is 0 Å². The van der Waals surface area contributed by atoms with Gasteiger partial charge >= 0.3 is 0 Å². The zero-order valence-corrected chi connectivity index (χ0v) is 13.2. The molecule has 1 aliphatic rings. The summed E-state index contributed by atoms with van der Waals surface area (Å²) in [4.78, 5) is 2.19. The average molecular weight is 318 g/mol. The van der Waals surface area contributed by atoms with Crippen LogP contribution >= 0.6 is 0 Å². The van der Waals surface area contributed by atoms with Crippen LogP contribution in [0, 0.1) is 0 Å². The Kier molecular flexibility index (Phi) is 4.78. The summed E-state index contributed by atoms with van der Waals surface area (Å²) in [6.07, 6.45) is 3.21. The van der Waals surface area contributed by atoms with E-state index < -0.39 is 5.60 Å². The topological polar surface area (TPSA) is 83.5 Å². The van der Waals surface area contributed by atoms with E-state index in [9.17, 15) is 5.11 Å². The quantitative estimate of drug-likeness (QED) is 0.832. The Bertz CT molecular complexity index is 620. The van der Waals surface area contributed by atoms with Crippen LogP contribution in [0.4, 0.5) is 0 Å². The number of hydrogen-bond donors (Lipinski definition) is 2. The molecule has 0 spiro atoms. The highest BCUT2D eigenvalue weighted by Gasteiger charge is 2.36. The van der Waals surface area contributed by atoms with Gasteiger partial charge in [0.05, 0.1) is 13.3 Å². The number of H-pyrrole nitrogens is 1. The van der Waals surface area contributed by atoms with Crippen LogP contribution < -0.4 is 9.47 Å². The van der Waals surface area contributed by atoms with Crippen molar-refractivity contribution < 1.29 is 14.6 Å². The predicted octanol–water partition coefficient (Wildman–Crippen LogP) is 1.18. The summed E-state index contributed by atoms with van der Waals surface area (Å²) in [5, 5.41) is 21.2. The summed E-state index contributed by atoms with van der Waals surface area (Å²) >= 11 is 0. The molecule has 2 N–H and O–H groups in total. The molecule has 3 rings (SSSR count). The molecule has 7 heteroatoms. The predicted molar refractivity (Wildman–Crippen MR) is 84.4 cm³/mol. The van der Waals surface area contributed by atoms with Crippen molar-refractivity contribution in [3.8, 4) is 11.5 Å². The van der Waals surface area contributed by atoms with Gasteiger partial charge in [0.25, 0.3) is 0 Å². The van der Waals surface area contributed by atoms with Gasteiger partial charge in [-0.3, -0.25) is 4.90 Å². The number of β-amino-alcohol motifs (C(OH)–C–C–N with tert-alkyl or cyclic N) is 1. The maximum atomic E-state index is 10.8. The second-order valence-corrected chi connectivity index (χ2v) is 5.79. The van der Waals surface area contributed by atoms with Gasteiger partial charge in [-0.1, -0.05) is 6.07 Å². The molecule has 1 fully saturated rings. The number of rotatable bonds is 6. The summed E-state index contributed by atoms with van der Waals surface area (Å²) in [5.41, 5.74) is -0.322. The van der Waals surface area contributed by atoms with Gasteiger partial charge in [0.2, 0.25) is 0 Å². The summed E-state index contributed by atoms with van der Waals surface area (Å²) in [6, 6.07) is 7.56. The lowest BCUT2D eigenvalue weighted by atomic mass is 9.90. The molecular weight excluding hydrogens is 296 g/mol. The molecule has 7 nitrogen and oxygen atoms in total. The van der Waals surface area contributed by atoms with Crippen molar-refractivity contribution in [2.45, 2.75) is 18.4 Å². The van der Waals surface area contributed by atoms with Crippen molar-refractivity contribution in [2.75, 3.05) is 33.4 Å². The molecule has 0 saturated carbocycles. The normalized spacial score (nSPS) is 22.0. The maximum Gasteiger partial charge on any atom is 0.123 e. The van der Waals surface area contributed by atoms with Gasteiger partial charge in [-0.2, -0.15) is 15.4 Å². The van der Waals surface area contributed by atoms with Crippen LogP contribution in [-0.4, -0.2) is 58.8 Å². The second kappa shape index (κ2) is 6.97. The fraction of sp³-hybridized carbons (Fsp3) is 0.500. The SMILES string of the molecule is COc1cccc(OCCN2CCC[C@@](O)(c3cn[nH]n3)C2)c1. The van der Waals surface area contributed by atoms with Gasteiger partial charge in [0, 0.05) is 19.2 Å². The third-order valence-electron chi connectivity index (χ3n) is 4.16. The molecule has 23 heavy (non-hydrogen) atoms. The molecule has 0 radical (unpaired) electrons. The highest BCUT2D eigenvalue weighted by atomic mass is 16.5. The molecule has 1 aromatic heterocycles. The van der Waals surface area contributed by atoms with Crippen molar-refractivity contribution in [3.05, 3.63) is 36.2 Å². The van der Waals surface area contributed by atoms with E-state index in [2.05, 4.69) is 20.3 Å². The average Bonchev–Trinajstić information content (AvgIpc) is 3.11. The lowest BCUT2D eigenvalue weighted by Crippen LogP contribution is -2.47. The monoisotopic (exact) mass is 318 g/mol. The van der Waals surface area contributed by atoms with E-state index in [4.69, 9.17) is 9.47 Å². The Morgan fingerprint density at radius 1 is 1.39 bits per heavy atom. The van der Waals surface area contributed by atoms with Gasteiger partial charge in [-0.25, -0.2) is 0 Å². The van der Waals surface area contributed by atoms with Crippen LogP contribution in [0.15, 0.2) is 30.5 Å². The molecule has 2 heterocycles. The number of aliphatic hydroxyl groups is 1. The minimum atomic E-state index is -0.929. The number of aromatic amines is 1. The number of likely N-dealkylation sites (tertiary alicyclic amines) is 1. The van der Waals surface area contributed by atoms with Crippen molar-refractivity contribution >= 4 is 0 Å². The van der Waals surface area contributed by atoms with Gasteiger partial charge in [-0.15, -0.1) is 0 Å². The maximum absolute atomic E-state index is 10.8. The Balaban J connectivity index is 1.52. The smallest absolute Gasteiger partial charge is 0.123 e. The Labute approximate surface area is 135 Å². The highest BCUT2D eigenvalue weighted by Crippen LogP contribution is 2.29. The first-order valence-electron chi connectivity index (χ1n) is 7.77. The van der Waals surface area contributed by atoms with Gasteiger partial charge in [-0.05, 0) is 31.5 Å². The number of aromatic nitrogens is 3. The largest absolute Gasteiger partial charge is 0.497 e. The molecule has 0 amide bonds. The van der Waals surface area contributed by atoms with E-state index >= 15 is 0 Å². The van der Waals surface area contributed by atoms with E-state index in [0.29, 0.717) is 25.3 Å². The standard InChI is InChI=1S/C16H22N4O3/c1-22-13-4-2-5-14(10-13)23-9-8-20-7-3-6-16(21,12-20)15-11-17-19-18-15/h2,4-5,10-11,21H,3,6-9,12H2,1H3,(H,17,18,19)/t16-/m0/s1. The fourth-order valence-corrected chi connectivity index (χ4v) is 2.93. The third-order valence-corrected chi connectivity index (χ3v) is 4.16. The summed E-state index contributed by atoms with van der Waals surface area (Å²) in [7, 11) is 1.64. The zero-order chi connectivity index (χ0) is 16.1. The van der Waals surface area contributed by atoms with E-state index in [1.165, 1.54) is 0 Å². The van der Waals surface area contributed by atoms with E-state index in [-0.39, 0.29) is 0 Å². The van der Waals surface area contributed by atoms with Crippen molar-refractivity contribution in [1.29, 1.82) is 0 Å². The van der Waals surface area contributed by atoms with Crippen molar-refractivity contribution in [1.82, 2.24) is 20.3 Å². The van der Waals surface area contributed by atoms with Crippen LogP contribution in [0.5, 0.6) is 11.5 Å². The number of methoxy groups -OCH3 is 1. The number of benzene rings is 1. The van der Waals surface area contributed by atoms with E-state index in [0.717, 1.165) is 31.0 Å². The molecular formula is C16H22N4O3. The Morgan fingerprint density at radius 2 is 2.26 bits per heavy atom. The second-order valence-electron chi connectivity index (χ2n) is 5.79. The first-order chi connectivity index (χ1) is 11.2.